The molecule has 0 radical (unpaired) electrons. The summed E-state index contributed by atoms with van der Waals surface area (Å²) in [5.74, 6) is 0. The van der Waals surface area contributed by atoms with Crippen LogP contribution in [0.2, 0.25) is 0 Å². The Morgan fingerprint density at radius 1 is 0.905 bits per heavy atom. The van der Waals surface area contributed by atoms with E-state index in [-0.39, 0.29) is 5.41 Å². The van der Waals surface area contributed by atoms with Gasteiger partial charge in [0.1, 0.15) is 0 Å². The molecule has 0 aliphatic carbocycles. The predicted octanol–water partition coefficient (Wildman–Crippen LogP) is 5.69. The number of halogens is 3. The van der Waals surface area contributed by atoms with E-state index in [9.17, 15) is 0 Å². The maximum absolute atomic E-state index is 5.99. The molecule has 0 saturated carbocycles. The van der Waals surface area contributed by atoms with Crippen LogP contribution in [0.5, 0.6) is 0 Å². The van der Waals surface area contributed by atoms with Gasteiger partial charge in [0.05, 0.1) is 13.2 Å². The third-order valence-corrected chi connectivity index (χ3v) is 6.08. The van der Waals surface area contributed by atoms with Gasteiger partial charge in [-0.3, -0.25) is 0 Å². The number of rotatable bonds is 7. The molecule has 0 bridgehead atoms. The zero-order chi connectivity index (χ0) is 15.1. The van der Waals surface area contributed by atoms with Crippen LogP contribution in [-0.4, -0.2) is 17.3 Å². The maximum atomic E-state index is 5.99. The normalized spacial score (nSPS) is 11.6. The van der Waals surface area contributed by atoms with Gasteiger partial charge in [0.2, 0.25) is 0 Å². The van der Waals surface area contributed by atoms with Gasteiger partial charge in [-0.25, -0.2) is 0 Å². The first kappa shape index (κ1) is 17.2. The fourth-order valence-corrected chi connectivity index (χ4v) is 4.41. The SMILES string of the molecule is BrCC(CBr)(COCc1ccccc1)c1cccc(Br)c1. The van der Waals surface area contributed by atoms with Gasteiger partial charge in [0.15, 0.2) is 0 Å². The molecule has 2 aromatic rings. The van der Waals surface area contributed by atoms with Crippen molar-refractivity contribution < 1.29 is 4.74 Å². The smallest absolute Gasteiger partial charge is 0.0717 e. The molecule has 21 heavy (non-hydrogen) atoms. The summed E-state index contributed by atoms with van der Waals surface area (Å²) in [6.45, 7) is 1.30. The van der Waals surface area contributed by atoms with E-state index in [4.69, 9.17) is 4.74 Å². The monoisotopic (exact) mass is 474 g/mol. The van der Waals surface area contributed by atoms with Crippen LogP contribution in [0, 0.1) is 0 Å². The first-order valence-corrected chi connectivity index (χ1v) is 9.73. The maximum Gasteiger partial charge on any atom is 0.0717 e. The Hall–Kier alpha value is -0.160. The van der Waals surface area contributed by atoms with Gasteiger partial charge in [0.25, 0.3) is 0 Å². The van der Waals surface area contributed by atoms with E-state index in [1.54, 1.807) is 0 Å². The molecule has 2 rings (SSSR count). The molecule has 0 atom stereocenters. The molecule has 0 N–H and O–H groups in total. The van der Waals surface area contributed by atoms with Crippen molar-refractivity contribution >= 4 is 47.8 Å². The molecule has 0 aliphatic heterocycles. The summed E-state index contributed by atoms with van der Waals surface area (Å²) in [6.07, 6.45) is 0. The highest BCUT2D eigenvalue weighted by Gasteiger charge is 2.30. The van der Waals surface area contributed by atoms with Crippen molar-refractivity contribution in [1.29, 1.82) is 0 Å². The average molecular weight is 477 g/mol. The number of ether oxygens (including phenoxy) is 1. The zero-order valence-electron chi connectivity index (χ0n) is 11.6. The van der Waals surface area contributed by atoms with Crippen LogP contribution in [0.25, 0.3) is 0 Å². The van der Waals surface area contributed by atoms with Crippen molar-refractivity contribution in [2.24, 2.45) is 0 Å². The highest BCUT2D eigenvalue weighted by molar-refractivity contribution is 9.10. The van der Waals surface area contributed by atoms with Crippen LogP contribution in [0.3, 0.4) is 0 Å². The molecule has 0 unspecified atom stereocenters. The van der Waals surface area contributed by atoms with Gasteiger partial charge in [-0.15, -0.1) is 0 Å². The van der Waals surface area contributed by atoms with E-state index >= 15 is 0 Å². The van der Waals surface area contributed by atoms with Crippen molar-refractivity contribution in [2.45, 2.75) is 12.0 Å². The summed E-state index contributed by atoms with van der Waals surface area (Å²) >= 11 is 10.9. The predicted molar refractivity (Wildman–Crippen MR) is 99.5 cm³/mol. The molecule has 4 heteroatoms. The summed E-state index contributed by atoms with van der Waals surface area (Å²) in [5, 5.41) is 1.69. The molecule has 0 aromatic heterocycles. The molecule has 1 nitrogen and oxygen atoms in total. The zero-order valence-corrected chi connectivity index (χ0v) is 16.3. The number of hydrogen-bond acceptors (Lipinski definition) is 1. The fraction of sp³-hybridized carbons (Fsp3) is 0.294. The Kier molecular flexibility index (Phi) is 6.93. The van der Waals surface area contributed by atoms with E-state index in [0.29, 0.717) is 13.2 Å². The summed E-state index contributed by atoms with van der Waals surface area (Å²) in [4.78, 5) is 0. The van der Waals surface area contributed by atoms with Gasteiger partial charge < -0.3 is 4.74 Å². The molecule has 0 amide bonds. The van der Waals surface area contributed by atoms with Crippen LogP contribution in [0.1, 0.15) is 11.1 Å². The third-order valence-electron chi connectivity index (χ3n) is 3.44. The second kappa shape index (κ2) is 8.47. The molecule has 0 aliphatic rings. The standard InChI is InChI=1S/C17H17Br3O/c18-11-17(12-19,15-7-4-8-16(20)9-15)13-21-10-14-5-2-1-3-6-14/h1-9H,10-13H2. The van der Waals surface area contributed by atoms with E-state index in [1.165, 1.54) is 11.1 Å². The lowest BCUT2D eigenvalue weighted by Crippen LogP contribution is -2.35. The first-order chi connectivity index (χ1) is 10.2. The van der Waals surface area contributed by atoms with E-state index < -0.39 is 0 Å². The third kappa shape index (κ3) is 4.65. The molecule has 0 fully saturated rings. The van der Waals surface area contributed by atoms with Gasteiger partial charge in [-0.1, -0.05) is 90.3 Å². The lowest BCUT2D eigenvalue weighted by atomic mass is 9.85. The number of benzene rings is 2. The van der Waals surface area contributed by atoms with Crippen molar-refractivity contribution in [1.82, 2.24) is 0 Å². The number of hydrogen-bond donors (Lipinski definition) is 0. The molecular weight excluding hydrogens is 460 g/mol. The van der Waals surface area contributed by atoms with E-state index in [2.05, 4.69) is 78.1 Å². The molecular formula is C17H17Br3O. The van der Waals surface area contributed by atoms with E-state index in [0.717, 1.165) is 15.1 Å². The lowest BCUT2D eigenvalue weighted by molar-refractivity contribution is 0.0862. The topological polar surface area (TPSA) is 9.23 Å². The summed E-state index contributed by atoms with van der Waals surface area (Å²) in [5.41, 5.74) is 2.39. The van der Waals surface area contributed by atoms with Gasteiger partial charge in [0, 0.05) is 20.5 Å². The molecule has 2 aromatic carbocycles. The van der Waals surface area contributed by atoms with Crippen molar-refractivity contribution in [2.75, 3.05) is 17.3 Å². The molecule has 0 spiro atoms. The largest absolute Gasteiger partial charge is 0.376 e. The van der Waals surface area contributed by atoms with Gasteiger partial charge in [-0.05, 0) is 23.3 Å². The van der Waals surface area contributed by atoms with Crippen LogP contribution < -0.4 is 0 Å². The summed E-state index contributed by atoms with van der Waals surface area (Å²) in [6, 6.07) is 18.7. The van der Waals surface area contributed by atoms with Crippen molar-refractivity contribution in [3.8, 4) is 0 Å². The van der Waals surface area contributed by atoms with E-state index in [1.807, 2.05) is 24.3 Å². The summed E-state index contributed by atoms with van der Waals surface area (Å²) < 4.78 is 7.08. The minimum atomic E-state index is -0.0709. The van der Waals surface area contributed by atoms with Gasteiger partial charge >= 0.3 is 0 Å². The second-order valence-electron chi connectivity index (χ2n) is 5.04. The lowest BCUT2D eigenvalue weighted by Gasteiger charge is -2.30. The molecule has 112 valence electrons. The molecule has 0 saturated heterocycles. The van der Waals surface area contributed by atoms with Crippen LogP contribution in [0.15, 0.2) is 59.1 Å². The highest BCUT2D eigenvalue weighted by atomic mass is 79.9. The van der Waals surface area contributed by atoms with Crippen LogP contribution in [0.4, 0.5) is 0 Å². The number of alkyl halides is 2. The Balaban J connectivity index is 2.08. The Morgan fingerprint density at radius 3 is 2.24 bits per heavy atom. The minimum absolute atomic E-state index is 0.0709. The van der Waals surface area contributed by atoms with Crippen LogP contribution in [-0.2, 0) is 16.8 Å². The Bertz CT molecular complexity index is 553. The highest BCUT2D eigenvalue weighted by Crippen LogP contribution is 2.31. The Morgan fingerprint density at radius 2 is 1.62 bits per heavy atom. The van der Waals surface area contributed by atoms with Crippen molar-refractivity contribution in [3.63, 3.8) is 0 Å². The van der Waals surface area contributed by atoms with Crippen molar-refractivity contribution in [3.05, 3.63) is 70.2 Å². The quantitative estimate of drug-likeness (QED) is 0.466. The molecule has 0 heterocycles. The Labute approximate surface area is 151 Å². The summed E-state index contributed by atoms with van der Waals surface area (Å²) in [7, 11) is 0. The minimum Gasteiger partial charge on any atom is -0.376 e. The average Bonchev–Trinajstić information content (AvgIpc) is 2.53. The second-order valence-corrected chi connectivity index (χ2v) is 7.07. The van der Waals surface area contributed by atoms with Crippen LogP contribution >= 0.6 is 47.8 Å². The fourth-order valence-electron chi connectivity index (χ4n) is 2.11. The van der Waals surface area contributed by atoms with Gasteiger partial charge in [-0.2, -0.15) is 0 Å². The first-order valence-electron chi connectivity index (χ1n) is 6.70.